The second kappa shape index (κ2) is 6.64. The molecule has 0 fully saturated rings. The molecule has 0 unspecified atom stereocenters. The number of aromatic amines is 2. The number of aryl methyl sites for hydroxylation is 1. The number of H-pyrrole nitrogens is 2. The van der Waals surface area contributed by atoms with Crippen molar-refractivity contribution in [2.45, 2.75) is 6.92 Å². The summed E-state index contributed by atoms with van der Waals surface area (Å²) in [7, 11) is 0. The molecule has 5 heterocycles. The highest BCUT2D eigenvalue weighted by molar-refractivity contribution is 7.15. The van der Waals surface area contributed by atoms with E-state index in [1.54, 1.807) is 6.20 Å². The summed E-state index contributed by atoms with van der Waals surface area (Å²) < 4.78 is 0. The maximum Gasteiger partial charge on any atom is 0.181 e. The number of nitrogens with zero attached hydrogens (tertiary/aromatic N) is 3. The number of thiophene rings is 1. The fraction of sp³-hybridized carbons (Fsp3) is 0.0417. The van der Waals surface area contributed by atoms with Crippen molar-refractivity contribution < 1.29 is 0 Å². The highest BCUT2D eigenvalue weighted by Gasteiger charge is 2.15. The van der Waals surface area contributed by atoms with Gasteiger partial charge in [-0.1, -0.05) is 18.2 Å². The topological polar surface area (TPSA) is 70.2 Å². The zero-order valence-electron chi connectivity index (χ0n) is 16.2. The third-order valence-electron chi connectivity index (χ3n) is 5.34. The quantitative estimate of drug-likeness (QED) is 0.367. The minimum absolute atomic E-state index is 0.699. The second-order valence-corrected chi connectivity index (χ2v) is 8.58. The Morgan fingerprint density at radius 1 is 0.900 bits per heavy atom. The van der Waals surface area contributed by atoms with Crippen molar-refractivity contribution >= 4 is 33.3 Å². The van der Waals surface area contributed by atoms with Crippen molar-refractivity contribution in [2.75, 3.05) is 0 Å². The first-order valence-corrected chi connectivity index (χ1v) is 10.5. The number of hydrogen-bond acceptors (Lipinski definition) is 4. The van der Waals surface area contributed by atoms with E-state index in [1.807, 2.05) is 35.9 Å². The largest absolute Gasteiger partial charge is 0.353 e. The third-order valence-corrected chi connectivity index (χ3v) is 6.38. The van der Waals surface area contributed by atoms with Crippen LogP contribution < -0.4 is 0 Å². The van der Waals surface area contributed by atoms with Crippen molar-refractivity contribution in [1.82, 2.24) is 25.1 Å². The Morgan fingerprint density at radius 2 is 1.87 bits per heavy atom. The molecule has 0 radical (unpaired) electrons. The van der Waals surface area contributed by atoms with E-state index < -0.39 is 0 Å². The molecule has 5 aromatic heterocycles. The SMILES string of the molecule is Cc1ccc(-c2cccc3[nH]c(-c4[nH]nc5ncc(-c6cccnc6)cc45)cc23)s1. The van der Waals surface area contributed by atoms with Crippen LogP contribution >= 0.6 is 11.3 Å². The lowest BCUT2D eigenvalue weighted by Crippen LogP contribution is -1.83. The molecule has 0 amide bonds. The van der Waals surface area contributed by atoms with Crippen LogP contribution in [0.25, 0.3) is 54.9 Å². The van der Waals surface area contributed by atoms with E-state index in [-0.39, 0.29) is 0 Å². The second-order valence-electron chi connectivity index (χ2n) is 7.30. The summed E-state index contributed by atoms with van der Waals surface area (Å²) in [4.78, 5) is 14.9. The minimum atomic E-state index is 0.699. The smallest absolute Gasteiger partial charge is 0.181 e. The van der Waals surface area contributed by atoms with Crippen LogP contribution in [0.2, 0.25) is 0 Å². The van der Waals surface area contributed by atoms with Crippen molar-refractivity contribution in [3.05, 3.63) is 78.1 Å². The lowest BCUT2D eigenvalue weighted by Gasteiger charge is -2.01. The van der Waals surface area contributed by atoms with Gasteiger partial charge in [-0.2, -0.15) is 5.10 Å². The van der Waals surface area contributed by atoms with E-state index >= 15 is 0 Å². The van der Waals surface area contributed by atoms with E-state index in [2.05, 4.69) is 74.5 Å². The van der Waals surface area contributed by atoms with E-state index in [1.165, 1.54) is 20.7 Å². The van der Waals surface area contributed by atoms with Gasteiger partial charge in [0.15, 0.2) is 5.65 Å². The first-order chi connectivity index (χ1) is 14.8. The predicted octanol–water partition coefficient (Wildman–Crippen LogP) is 6.21. The zero-order chi connectivity index (χ0) is 20.1. The monoisotopic (exact) mass is 407 g/mol. The Labute approximate surface area is 176 Å². The number of hydrogen-bond donors (Lipinski definition) is 2. The third kappa shape index (κ3) is 2.73. The summed E-state index contributed by atoms with van der Waals surface area (Å²) in [5, 5.41) is 9.78. The average Bonchev–Trinajstić information content (AvgIpc) is 3.51. The molecular formula is C24H17N5S. The van der Waals surface area contributed by atoms with Gasteiger partial charge in [0.1, 0.15) is 0 Å². The Morgan fingerprint density at radius 3 is 2.70 bits per heavy atom. The van der Waals surface area contributed by atoms with Crippen molar-refractivity contribution in [1.29, 1.82) is 0 Å². The van der Waals surface area contributed by atoms with Crippen LogP contribution in [-0.4, -0.2) is 25.1 Å². The van der Waals surface area contributed by atoms with Crippen LogP contribution in [0.4, 0.5) is 0 Å². The number of pyridine rings is 2. The van der Waals surface area contributed by atoms with Crippen molar-refractivity contribution in [2.24, 2.45) is 0 Å². The highest BCUT2D eigenvalue weighted by Crippen LogP contribution is 2.36. The molecule has 0 aliphatic heterocycles. The number of aromatic nitrogens is 5. The summed E-state index contributed by atoms with van der Waals surface area (Å²) in [5.74, 6) is 0. The van der Waals surface area contributed by atoms with Crippen LogP contribution in [0.1, 0.15) is 4.88 Å². The molecule has 6 rings (SSSR count). The average molecular weight is 408 g/mol. The minimum Gasteiger partial charge on any atom is -0.353 e. The summed E-state index contributed by atoms with van der Waals surface area (Å²) in [5.41, 5.74) is 7.03. The number of nitrogens with one attached hydrogen (secondary N) is 2. The Balaban J connectivity index is 1.52. The summed E-state index contributed by atoms with van der Waals surface area (Å²) in [6.07, 6.45) is 5.46. The molecule has 1 aromatic carbocycles. The molecule has 6 aromatic rings. The zero-order valence-corrected chi connectivity index (χ0v) is 17.0. The maximum absolute atomic E-state index is 4.54. The van der Waals surface area contributed by atoms with Gasteiger partial charge in [-0.15, -0.1) is 11.3 Å². The van der Waals surface area contributed by atoms with Crippen LogP contribution in [0.15, 0.2) is 73.2 Å². The van der Waals surface area contributed by atoms with Crippen LogP contribution in [0, 0.1) is 6.92 Å². The summed E-state index contributed by atoms with van der Waals surface area (Å²) >= 11 is 1.81. The van der Waals surface area contributed by atoms with Crippen LogP contribution in [0.5, 0.6) is 0 Å². The van der Waals surface area contributed by atoms with Gasteiger partial charge in [0.05, 0.1) is 11.4 Å². The van der Waals surface area contributed by atoms with Gasteiger partial charge in [0.2, 0.25) is 0 Å². The van der Waals surface area contributed by atoms with Gasteiger partial charge >= 0.3 is 0 Å². The van der Waals surface area contributed by atoms with Gasteiger partial charge in [-0.05, 0) is 43.3 Å². The maximum atomic E-state index is 4.54. The van der Waals surface area contributed by atoms with Crippen molar-refractivity contribution in [3.63, 3.8) is 0 Å². The Hall–Kier alpha value is -3.77. The van der Waals surface area contributed by atoms with E-state index in [0.717, 1.165) is 33.4 Å². The van der Waals surface area contributed by atoms with E-state index in [0.29, 0.717) is 5.65 Å². The van der Waals surface area contributed by atoms with Gasteiger partial charge in [0.25, 0.3) is 0 Å². The van der Waals surface area contributed by atoms with E-state index in [4.69, 9.17) is 0 Å². The lowest BCUT2D eigenvalue weighted by atomic mass is 10.1. The fourth-order valence-corrected chi connectivity index (χ4v) is 4.79. The normalized spacial score (nSPS) is 11.5. The first-order valence-electron chi connectivity index (χ1n) is 9.70. The van der Waals surface area contributed by atoms with Gasteiger partial charge in [0, 0.05) is 61.3 Å². The summed E-state index contributed by atoms with van der Waals surface area (Å²) in [6.45, 7) is 2.14. The van der Waals surface area contributed by atoms with Gasteiger partial charge < -0.3 is 4.98 Å². The Kier molecular flexibility index (Phi) is 3.79. The predicted molar refractivity (Wildman–Crippen MR) is 122 cm³/mol. The molecule has 5 nitrogen and oxygen atoms in total. The molecule has 0 bridgehead atoms. The van der Waals surface area contributed by atoms with Gasteiger partial charge in [-0.3, -0.25) is 10.1 Å². The molecule has 144 valence electrons. The number of fused-ring (bicyclic) bond motifs is 2. The number of rotatable bonds is 3. The molecule has 0 saturated carbocycles. The Bertz CT molecular complexity index is 1510. The lowest BCUT2D eigenvalue weighted by molar-refractivity contribution is 1.10. The van der Waals surface area contributed by atoms with Crippen LogP contribution in [0.3, 0.4) is 0 Å². The number of benzene rings is 1. The molecule has 0 spiro atoms. The fourth-order valence-electron chi connectivity index (χ4n) is 3.88. The van der Waals surface area contributed by atoms with Gasteiger partial charge in [-0.25, -0.2) is 4.98 Å². The van der Waals surface area contributed by atoms with E-state index in [9.17, 15) is 0 Å². The molecule has 30 heavy (non-hydrogen) atoms. The van der Waals surface area contributed by atoms with Crippen LogP contribution in [-0.2, 0) is 0 Å². The summed E-state index contributed by atoms with van der Waals surface area (Å²) in [6, 6.07) is 19.0. The standard InChI is InChI=1S/C24H17N5S/c1-14-7-8-22(30-14)17-5-2-6-20-18(17)11-21(27-20)23-19-10-16(13-26-24(19)29-28-23)15-4-3-9-25-12-15/h2-13,27H,1H3,(H,26,28,29). The molecular weight excluding hydrogens is 390 g/mol. The molecule has 0 aliphatic carbocycles. The molecule has 2 N–H and O–H groups in total. The molecule has 0 atom stereocenters. The highest BCUT2D eigenvalue weighted by atomic mass is 32.1. The molecule has 0 aliphatic rings. The molecule has 6 heteroatoms. The first kappa shape index (κ1) is 17.1. The van der Waals surface area contributed by atoms with Crippen molar-refractivity contribution in [3.8, 4) is 33.0 Å². The molecule has 0 saturated heterocycles.